The normalized spacial score (nSPS) is 11.7. The van der Waals surface area contributed by atoms with E-state index in [0.29, 0.717) is 0 Å². The summed E-state index contributed by atoms with van der Waals surface area (Å²) in [4.78, 5) is 11.2. The van der Waals surface area contributed by atoms with Gasteiger partial charge in [-0.15, -0.1) is 0 Å². The highest BCUT2D eigenvalue weighted by Gasteiger charge is 2.14. The van der Waals surface area contributed by atoms with Gasteiger partial charge in [0.2, 0.25) is 0 Å². The number of pyridine rings is 1. The fourth-order valence-corrected chi connectivity index (χ4v) is 0.985. The molecule has 0 aliphatic carbocycles. The van der Waals surface area contributed by atoms with E-state index >= 15 is 0 Å². The van der Waals surface area contributed by atoms with Crippen molar-refractivity contribution in [3.8, 4) is 0 Å². The fraction of sp³-hybridized carbons (Fsp3) is 0.444. The van der Waals surface area contributed by atoms with Gasteiger partial charge < -0.3 is 4.57 Å². The van der Waals surface area contributed by atoms with Crippen molar-refractivity contribution in [2.45, 2.75) is 26.3 Å². The molecular formula is C9H12FNO. The van der Waals surface area contributed by atoms with Gasteiger partial charge in [0.15, 0.2) is 0 Å². The van der Waals surface area contributed by atoms with Crippen LogP contribution in [0.4, 0.5) is 4.39 Å². The molecule has 12 heavy (non-hydrogen) atoms. The minimum atomic E-state index is -0.385. The molecule has 0 saturated carbocycles. The smallest absolute Gasteiger partial charge is 0.251 e. The van der Waals surface area contributed by atoms with E-state index in [9.17, 15) is 9.18 Å². The highest BCUT2D eigenvalue weighted by atomic mass is 19.1. The Morgan fingerprint density at radius 2 is 1.92 bits per heavy atom. The third kappa shape index (κ3) is 1.72. The highest BCUT2D eigenvalue weighted by molar-refractivity contribution is 4.99. The van der Waals surface area contributed by atoms with Gasteiger partial charge in [-0.05, 0) is 26.8 Å². The van der Waals surface area contributed by atoms with Crippen LogP contribution in [0.3, 0.4) is 0 Å². The summed E-state index contributed by atoms with van der Waals surface area (Å²) < 4.78 is 14.1. The monoisotopic (exact) mass is 169 g/mol. The second-order valence-electron chi connectivity index (χ2n) is 3.73. The Labute approximate surface area is 70.6 Å². The Morgan fingerprint density at radius 3 is 2.33 bits per heavy atom. The first kappa shape index (κ1) is 8.97. The maximum absolute atomic E-state index is 12.7. The van der Waals surface area contributed by atoms with E-state index in [1.807, 2.05) is 20.8 Å². The molecular weight excluding hydrogens is 157 g/mol. The van der Waals surface area contributed by atoms with Gasteiger partial charge >= 0.3 is 0 Å². The van der Waals surface area contributed by atoms with Gasteiger partial charge in [0.25, 0.3) is 5.56 Å². The minimum Gasteiger partial charge on any atom is -0.307 e. The predicted molar refractivity (Wildman–Crippen MR) is 45.7 cm³/mol. The number of hydrogen-bond acceptors (Lipinski definition) is 1. The SMILES string of the molecule is CC(C)(C)n1cc(F)ccc1=O. The molecule has 0 atom stereocenters. The van der Waals surface area contributed by atoms with Crippen molar-refractivity contribution in [1.82, 2.24) is 4.57 Å². The lowest BCUT2D eigenvalue weighted by Crippen LogP contribution is -2.33. The molecule has 0 amide bonds. The second-order valence-corrected chi connectivity index (χ2v) is 3.73. The third-order valence-electron chi connectivity index (χ3n) is 1.60. The van der Waals surface area contributed by atoms with Crippen LogP contribution in [0.25, 0.3) is 0 Å². The molecule has 0 bridgehead atoms. The van der Waals surface area contributed by atoms with Crippen LogP contribution >= 0.6 is 0 Å². The average Bonchev–Trinajstić information content (AvgIpc) is 1.92. The molecule has 1 aromatic heterocycles. The summed E-state index contributed by atoms with van der Waals surface area (Å²) in [7, 11) is 0. The Morgan fingerprint density at radius 1 is 1.33 bits per heavy atom. The predicted octanol–water partition coefficient (Wildman–Crippen LogP) is 1.74. The minimum absolute atomic E-state index is 0.177. The lowest BCUT2D eigenvalue weighted by atomic mass is 10.1. The molecule has 0 spiro atoms. The van der Waals surface area contributed by atoms with Gasteiger partial charge in [0, 0.05) is 17.8 Å². The molecule has 0 N–H and O–H groups in total. The second kappa shape index (κ2) is 2.73. The Bertz CT molecular complexity index is 335. The average molecular weight is 169 g/mol. The summed E-state index contributed by atoms with van der Waals surface area (Å²) in [5.41, 5.74) is -0.539. The van der Waals surface area contributed by atoms with Crippen LogP contribution in [-0.4, -0.2) is 4.57 Å². The number of nitrogens with zero attached hydrogens (tertiary/aromatic N) is 1. The highest BCUT2D eigenvalue weighted by Crippen LogP contribution is 2.10. The molecule has 3 heteroatoms. The molecule has 0 fully saturated rings. The van der Waals surface area contributed by atoms with Crippen molar-refractivity contribution in [2.24, 2.45) is 0 Å². The maximum atomic E-state index is 12.7. The van der Waals surface area contributed by atoms with Crippen LogP contribution in [-0.2, 0) is 5.54 Å². The Kier molecular flexibility index (Phi) is 2.04. The number of rotatable bonds is 0. The first-order valence-corrected chi connectivity index (χ1v) is 3.80. The lowest BCUT2D eigenvalue weighted by Gasteiger charge is -2.21. The Balaban J connectivity index is 3.33. The van der Waals surface area contributed by atoms with Gasteiger partial charge in [0.05, 0.1) is 0 Å². The van der Waals surface area contributed by atoms with Crippen molar-refractivity contribution in [3.05, 3.63) is 34.5 Å². The van der Waals surface area contributed by atoms with E-state index in [-0.39, 0.29) is 16.9 Å². The topological polar surface area (TPSA) is 22.0 Å². The summed E-state index contributed by atoms with van der Waals surface area (Å²) in [6.07, 6.45) is 1.22. The molecule has 0 radical (unpaired) electrons. The third-order valence-corrected chi connectivity index (χ3v) is 1.60. The van der Waals surface area contributed by atoms with Crippen LogP contribution in [0.2, 0.25) is 0 Å². The zero-order valence-corrected chi connectivity index (χ0v) is 7.47. The number of aromatic nitrogens is 1. The zero-order chi connectivity index (χ0) is 9.35. The van der Waals surface area contributed by atoms with Crippen LogP contribution in [0.5, 0.6) is 0 Å². The van der Waals surface area contributed by atoms with E-state index in [0.717, 1.165) is 0 Å². The van der Waals surface area contributed by atoms with E-state index in [2.05, 4.69) is 0 Å². The van der Waals surface area contributed by atoms with Crippen molar-refractivity contribution >= 4 is 0 Å². The van der Waals surface area contributed by atoms with Crippen LogP contribution in [0, 0.1) is 5.82 Å². The molecule has 0 aliphatic heterocycles. The van der Waals surface area contributed by atoms with E-state index < -0.39 is 0 Å². The lowest BCUT2D eigenvalue weighted by molar-refractivity contribution is 0.375. The molecule has 1 heterocycles. The summed E-state index contributed by atoms with van der Waals surface area (Å²) in [6, 6.07) is 2.41. The zero-order valence-electron chi connectivity index (χ0n) is 7.47. The first-order valence-electron chi connectivity index (χ1n) is 3.80. The quantitative estimate of drug-likeness (QED) is 0.579. The van der Waals surface area contributed by atoms with Crippen molar-refractivity contribution in [3.63, 3.8) is 0 Å². The van der Waals surface area contributed by atoms with Crippen molar-refractivity contribution in [1.29, 1.82) is 0 Å². The van der Waals surface area contributed by atoms with Gasteiger partial charge in [-0.1, -0.05) is 0 Å². The molecule has 1 rings (SSSR count). The van der Waals surface area contributed by atoms with Gasteiger partial charge in [0.1, 0.15) is 5.82 Å². The van der Waals surface area contributed by atoms with Gasteiger partial charge in [-0.25, -0.2) is 4.39 Å². The van der Waals surface area contributed by atoms with Crippen molar-refractivity contribution < 1.29 is 4.39 Å². The molecule has 0 saturated heterocycles. The standard InChI is InChI=1S/C9H12FNO/c1-9(2,3)11-6-7(10)4-5-8(11)12/h4-6H,1-3H3. The summed E-state index contributed by atoms with van der Waals surface area (Å²) in [5.74, 6) is -0.385. The van der Waals surface area contributed by atoms with E-state index in [1.54, 1.807) is 0 Å². The molecule has 0 aromatic carbocycles. The van der Waals surface area contributed by atoms with Crippen LogP contribution < -0.4 is 5.56 Å². The summed E-state index contributed by atoms with van der Waals surface area (Å²) >= 11 is 0. The van der Waals surface area contributed by atoms with E-state index in [1.165, 1.54) is 22.9 Å². The molecule has 1 aromatic rings. The van der Waals surface area contributed by atoms with Crippen molar-refractivity contribution in [2.75, 3.05) is 0 Å². The molecule has 66 valence electrons. The maximum Gasteiger partial charge on any atom is 0.251 e. The first-order chi connectivity index (χ1) is 5.41. The number of hydrogen-bond donors (Lipinski definition) is 0. The Hall–Kier alpha value is -1.12. The van der Waals surface area contributed by atoms with Crippen LogP contribution in [0.15, 0.2) is 23.1 Å². The molecule has 0 unspecified atom stereocenters. The number of halogens is 1. The summed E-state index contributed by atoms with van der Waals surface area (Å²) in [6.45, 7) is 5.56. The van der Waals surface area contributed by atoms with Gasteiger partial charge in [-0.2, -0.15) is 0 Å². The fourth-order valence-electron chi connectivity index (χ4n) is 0.985. The largest absolute Gasteiger partial charge is 0.307 e. The van der Waals surface area contributed by atoms with Crippen LogP contribution in [0.1, 0.15) is 20.8 Å². The molecule has 0 aliphatic rings. The summed E-state index contributed by atoms with van der Waals surface area (Å²) in [5, 5.41) is 0. The molecule has 2 nitrogen and oxygen atoms in total. The van der Waals surface area contributed by atoms with Gasteiger partial charge in [-0.3, -0.25) is 4.79 Å². The van der Waals surface area contributed by atoms with E-state index in [4.69, 9.17) is 0 Å².